The Bertz CT molecular complexity index is 687. The standard InChI is InChI=1S/C20H30N2O5S/c1-20(2,3)27-19(25)16(21-4)13-8-7-9-14(12-13)17(23)22-15(10-11-28-6)18(24)26-5/h7-9,12,15-16,21H,10-11H2,1-6H3,(H,22,23). The molecule has 8 heteroatoms. The van der Waals surface area contributed by atoms with Gasteiger partial charge in [-0.15, -0.1) is 0 Å². The second-order valence-electron chi connectivity index (χ2n) is 7.21. The van der Waals surface area contributed by atoms with Crippen LogP contribution in [0.3, 0.4) is 0 Å². The first-order chi connectivity index (χ1) is 13.1. The van der Waals surface area contributed by atoms with Crippen molar-refractivity contribution in [3.05, 3.63) is 35.4 Å². The molecule has 0 spiro atoms. The van der Waals surface area contributed by atoms with Gasteiger partial charge in [-0.3, -0.25) is 4.79 Å². The van der Waals surface area contributed by atoms with Gasteiger partial charge in [-0.05, 0) is 63.9 Å². The number of rotatable bonds is 9. The van der Waals surface area contributed by atoms with Gasteiger partial charge in [-0.2, -0.15) is 11.8 Å². The SMILES string of the molecule is CNC(C(=O)OC(C)(C)C)c1cccc(C(=O)NC(CCSC)C(=O)OC)c1. The van der Waals surface area contributed by atoms with E-state index in [-0.39, 0.29) is 0 Å². The quantitative estimate of drug-likeness (QED) is 0.603. The van der Waals surface area contributed by atoms with Crippen LogP contribution >= 0.6 is 11.8 Å². The molecule has 0 radical (unpaired) electrons. The molecule has 1 aromatic carbocycles. The Labute approximate surface area is 170 Å². The molecule has 7 nitrogen and oxygen atoms in total. The predicted molar refractivity (Wildman–Crippen MR) is 110 cm³/mol. The van der Waals surface area contributed by atoms with Gasteiger partial charge in [0, 0.05) is 5.56 Å². The van der Waals surface area contributed by atoms with E-state index < -0.39 is 35.5 Å². The molecule has 0 aliphatic carbocycles. The van der Waals surface area contributed by atoms with Crippen molar-refractivity contribution >= 4 is 29.6 Å². The van der Waals surface area contributed by atoms with Crippen molar-refractivity contribution in [3.63, 3.8) is 0 Å². The van der Waals surface area contributed by atoms with E-state index >= 15 is 0 Å². The minimum Gasteiger partial charge on any atom is -0.467 e. The number of benzene rings is 1. The van der Waals surface area contributed by atoms with Crippen LogP contribution in [0.1, 0.15) is 49.2 Å². The molecular weight excluding hydrogens is 380 g/mol. The fraction of sp³-hybridized carbons (Fsp3) is 0.550. The van der Waals surface area contributed by atoms with E-state index in [2.05, 4.69) is 10.6 Å². The van der Waals surface area contributed by atoms with Gasteiger partial charge in [0.2, 0.25) is 0 Å². The third-order valence-corrected chi connectivity index (χ3v) is 4.46. The van der Waals surface area contributed by atoms with E-state index in [0.717, 1.165) is 0 Å². The first-order valence-electron chi connectivity index (χ1n) is 9.00. The van der Waals surface area contributed by atoms with Crippen molar-refractivity contribution in [1.82, 2.24) is 10.6 Å². The maximum absolute atomic E-state index is 12.6. The normalized spacial score (nSPS) is 13.4. The summed E-state index contributed by atoms with van der Waals surface area (Å²) >= 11 is 1.58. The number of hydrogen-bond donors (Lipinski definition) is 2. The molecule has 28 heavy (non-hydrogen) atoms. The van der Waals surface area contributed by atoms with E-state index in [1.807, 2.05) is 6.26 Å². The lowest BCUT2D eigenvalue weighted by Crippen LogP contribution is -2.42. The number of amides is 1. The molecule has 2 unspecified atom stereocenters. The Morgan fingerprint density at radius 1 is 1.18 bits per heavy atom. The van der Waals surface area contributed by atoms with Crippen LogP contribution < -0.4 is 10.6 Å². The first-order valence-corrected chi connectivity index (χ1v) is 10.4. The van der Waals surface area contributed by atoms with Crippen LogP contribution in [0.15, 0.2) is 24.3 Å². The number of likely N-dealkylation sites (N-methyl/N-ethyl adjacent to an activating group) is 1. The van der Waals surface area contributed by atoms with Crippen molar-refractivity contribution in [2.24, 2.45) is 0 Å². The van der Waals surface area contributed by atoms with Crippen molar-refractivity contribution in [2.75, 3.05) is 26.2 Å². The summed E-state index contributed by atoms with van der Waals surface area (Å²) in [4.78, 5) is 37.0. The summed E-state index contributed by atoms with van der Waals surface area (Å²) in [6.07, 6.45) is 2.39. The Hall–Kier alpha value is -2.06. The summed E-state index contributed by atoms with van der Waals surface area (Å²) in [5.41, 5.74) is 0.328. The Morgan fingerprint density at radius 2 is 1.86 bits per heavy atom. The van der Waals surface area contributed by atoms with Gasteiger partial charge >= 0.3 is 11.9 Å². The van der Waals surface area contributed by atoms with Crippen molar-refractivity contribution in [2.45, 2.75) is 44.9 Å². The fourth-order valence-corrected chi connectivity index (χ4v) is 2.98. The van der Waals surface area contributed by atoms with Crippen LogP contribution in [0.25, 0.3) is 0 Å². The largest absolute Gasteiger partial charge is 0.467 e. The van der Waals surface area contributed by atoms with Gasteiger partial charge in [0.1, 0.15) is 17.7 Å². The van der Waals surface area contributed by atoms with Crippen molar-refractivity contribution < 1.29 is 23.9 Å². The van der Waals surface area contributed by atoms with Crippen LogP contribution in [-0.2, 0) is 19.1 Å². The summed E-state index contributed by atoms with van der Waals surface area (Å²) in [6, 6.07) is 5.24. The highest BCUT2D eigenvalue weighted by molar-refractivity contribution is 7.98. The molecule has 1 amide bonds. The summed E-state index contributed by atoms with van der Waals surface area (Å²) < 4.78 is 10.2. The highest BCUT2D eigenvalue weighted by Gasteiger charge is 2.27. The number of ether oxygens (including phenoxy) is 2. The third kappa shape index (κ3) is 7.52. The smallest absolute Gasteiger partial charge is 0.328 e. The molecule has 2 N–H and O–H groups in total. The lowest BCUT2D eigenvalue weighted by molar-refractivity contribution is -0.157. The summed E-state index contributed by atoms with van der Waals surface area (Å²) in [5.74, 6) is -0.613. The molecule has 0 bridgehead atoms. The van der Waals surface area contributed by atoms with E-state index in [1.54, 1.807) is 63.8 Å². The van der Waals surface area contributed by atoms with Gasteiger partial charge in [-0.1, -0.05) is 12.1 Å². The molecule has 0 saturated carbocycles. The van der Waals surface area contributed by atoms with Crippen LogP contribution in [-0.4, -0.2) is 55.7 Å². The van der Waals surface area contributed by atoms with Crippen LogP contribution in [0.5, 0.6) is 0 Å². The third-order valence-electron chi connectivity index (χ3n) is 3.81. The Morgan fingerprint density at radius 3 is 2.39 bits per heavy atom. The molecule has 0 heterocycles. The maximum Gasteiger partial charge on any atom is 0.328 e. The minimum absolute atomic E-state index is 0.347. The average Bonchev–Trinajstić information content (AvgIpc) is 2.63. The number of nitrogens with one attached hydrogen (secondary N) is 2. The number of methoxy groups -OCH3 is 1. The molecule has 1 aromatic rings. The molecular formula is C20H30N2O5S. The molecule has 1 rings (SSSR count). The average molecular weight is 411 g/mol. The summed E-state index contributed by atoms with van der Waals surface area (Å²) in [6.45, 7) is 5.38. The molecule has 0 aliphatic heterocycles. The number of thioether (sulfide) groups is 1. The van der Waals surface area contributed by atoms with Gasteiger partial charge < -0.3 is 20.1 Å². The first kappa shape index (κ1) is 24.0. The molecule has 0 aromatic heterocycles. The second kappa shape index (κ2) is 11.1. The monoisotopic (exact) mass is 410 g/mol. The summed E-state index contributed by atoms with van der Waals surface area (Å²) in [5, 5.41) is 5.63. The van der Waals surface area contributed by atoms with E-state index in [1.165, 1.54) is 7.11 Å². The zero-order valence-corrected chi connectivity index (χ0v) is 18.1. The Kier molecular flexibility index (Phi) is 9.48. The molecule has 156 valence electrons. The van der Waals surface area contributed by atoms with Crippen LogP contribution in [0, 0.1) is 0 Å². The fourth-order valence-electron chi connectivity index (χ4n) is 2.51. The van der Waals surface area contributed by atoms with Crippen molar-refractivity contribution in [3.8, 4) is 0 Å². The van der Waals surface area contributed by atoms with Gasteiger partial charge in [0.05, 0.1) is 7.11 Å². The van der Waals surface area contributed by atoms with E-state index in [4.69, 9.17) is 9.47 Å². The van der Waals surface area contributed by atoms with Gasteiger partial charge in [0.15, 0.2) is 0 Å². The molecule has 2 atom stereocenters. The van der Waals surface area contributed by atoms with Crippen molar-refractivity contribution in [1.29, 1.82) is 0 Å². The second-order valence-corrected chi connectivity index (χ2v) is 8.20. The number of hydrogen-bond acceptors (Lipinski definition) is 7. The maximum atomic E-state index is 12.6. The number of carbonyl (C=O) groups excluding carboxylic acids is 3. The lowest BCUT2D eigenvalue weighted by atomic mass is 10.0. The van der Waals surface area contributed by atoms with E-state index in [9.17, 15) is 14.4 Å². The van der Waals surface area contributed by atoms with E-state index in [0.29, 0.717) is 23.3 Å². The number of carbonyl (C=O) groups is 3. The zero-order valence-electron chi connectivity index (χ0n) is 17.3. The van der Waals surface area contributed by atoms with Crippen LogP contribution in [0.2, 0.25) is 0 Å². The van der Waals surface area contributed by atoms with Gasteiger partial charge in [0.25, 0.3) is 5.91 Å². The Balaban J connectivity index is 2.99. The molecule has 0 aliphatic rings. The minimum atomic E-state index is -0.723. The lowest BCUT2D eigenvalue weighted by Gasteiger charge is -2.24. The zero-order chi connectivity index (χ0) is 21.3. The molecule has 0 saturated heterocycles. The topological polar surface area (TPSA) is 93.7 Å². The molecule has 0 fully saturated rings. The summed E-state index contributed by atoms with van der Waals surface area (Å²) in [7, 11) is 2.94. The number of esters is 2. The van der Waals surface area contributed by atoms with Crippen LogP contribution in [0.4, 0.5) is 0 Å². The predicted octanol–water partition coefficient (Wildman–Crippen LogP) is 2.31. The highest BCUT2D eigenvalue weighted by atomic mass is 32.2. The highest BCUT2D eigenvalue weighted by Crippen LogP contribution is 2.20. The van der Waals surface area contributed by atoms with Gasteiger partial charge in [-0.25, -0.2) is 9.59 Å².